The van der Waals surface area contributed by atoms with Crippen molar-refractivity contribution in [2.75, 3.05) is 57.7 Å². The van der Waals surface area contributed by atoms with Gasteiger partial charge in [-0.3, -0.25) is 4.79 Å². The van der Waals surface area contributed by atoms with Crippen molar-refractivity contribution in [3.8, 4) is 5.75 Å². The molecule has 1 aliphatic heterocycles. The molecule has 2 aromatic rings. The Morgan fingerprint density at radius 1 is 1.00 bits per heavy atom. The van der Waals surface area contributed by atoms with Gasteiger partial charge in [0.25, 0.3) is 5.91 Å². The third kappa shape index (κ3) is 5.07. The molecule has 1 amide bonds. The van der Waals surface area contributed by atoms with Crippen LogP contribution in [0.15, 0.2) is 53.4 Å². The van der Waals surface area contributed by atoms with E-state index in [1.54, 1.807) is 24.1 Å². The Bertz CT molecular complexity index is 936. The van der Waals surface area contributed by atoms with Crippen LogP contribution < -0.4 is 9.64 Å². The summed E-state index contributed by atoms with van der Waals surface area (Å²) < 4.78 is 34.5. The van der Waals surface area contributed by atoms with Gasteiger partial charge in [-0.05, 0) is 36.4 Å². The summed E-state index contributed by atoms with van der Waals surface area (Å²) in [6, 6.07) is 14.0. The fourth-order valence-electron chi connectivity index (χ4n) is 3.27. The fraction of sp³-hybridized carbons (Fsp3) is 0.381. The average molecular weight is 419 g/mol. The molecule has 0 bridgehead atoms. The highest BCUT2D eigenvalue weighted by Crippen LogP contribution is 2.22. The maximum atomic E-state index is 12.8. The van der Waals surface area contributed by atoms with Crippen molar-refractivity contribution in [2.24, 2.45) is 0 Å². The summed E-state index contributed by atoms with van der Waals surface area (Å²) in [5.74, 6) is 0.640. The Labute approximate surface area is 171 Å². The van der Waals surface area contributed by atoms with Crippen LogP contribution in [0.5, 0.6) is 5.75 Å². The van der Waals surface area contributed by atoms with Gasteiger partial charge in [0.05, 0.1) is 24.4 Å². The SMILES string of the molecule is COCCS(=O)(=O)c1ccc(C(=O)N2CCN(c3cccc(OC)c3)CC2)cc1. The first-order chi connectivity index (χ1) is 13.9. The lowest BCUT2D eigenvalue weighted by Gasteiger charge is -2.36. The standard InChI is InChI=1S/C21H26N2O5S/c1-27-14-15-29(25,26)20-8-6-17(7-9-20)21(24)23-12-10-22(11-13-23)18-4-3-5-19(16-18)28-2/h3-9,16H,10-15H2,1-2H3. The highest BCUT2D eigenvalue weighted by molar-refractivity contribution is 7.91. The Hall–Kier alpha value is -2.58. The van der Waals surface area contributed by atoms with E-state index < -0.39 is 9.84 Å². The molecule has 0 radical (unpaired) electrons. The number of rotatable bonds is 7. The van der Waals surface area contributed by atoms with Gasteiger partial charge in [-0.2, -0.15) is 0 Å². The van der Waals surface area contributed by atoms with E-state index in [4.69, 9.17) is 9.47 Å². The summed E-state index contributed by atoms with van der Waals surface area (Å²) in [6.45, 7) is 2.79. The largest absolute Gasteiger partial charge is 0.497 e. The van der Waals surface area contributed by atoms with Crippen molar-refractivity contribution >= 4 is 21.4 Å². The molecule has 0 atom stereocenters. The zero-order chi connectivity index (χ0) is 20.9. The van der Waals surface area contributed by atoms with Crippen molar-refractivity contribution < 1.29 is 22.7 Å². The van der Waals surface area contributed by atoms with Crippen molar-refractivity contribution in [1.82, 2.24) is 4.90 Å². The monoisotopic (exact) mass is 418 g/mol. The molecule has 1 fully saturated rings. The van der Waals surface area contributed by atoms with Crippen LogP contribution in [0, 0.1) is 0 Å². The van der Waals surface area contributed by atoms with Crippen LogP contribution in [0.3, 0.4) is 0 Å². The molecule has 29 heavy (non-hydrogen) atoms. The Balaban J connectivity index is 1.62. The molecule has 0 spiro atoms. The van der Waals surface area contributed by atoms with E-state index in [9.17, 15) is 13.2 Å². The summed E-state index contributed by atoms with van der Waals surface area (Å²) >= 11 is 0. The van der Waals surface area contributed by atoms with E-state index in [-0.39, 0.29) is 23.2 Å². The second-order valence-electron chi connectivity index (χ2n) is 6.82. The van der Waals surface area contributed by atoms with E-state index in [1.165, 1.54) is 19.2 Å². The number of amides is 1. The summed E-state index contributed by atoms with van der Waals surface area (Å²) in [5, 5.41) is 0. The molecule has 0 saturated carbocycles. The molecule has 7 nitrogen and oxygen atoms in total. The predicted octanol–water partition coefficient (Wildman–Crippen LogP) is 2.08. The number of ether oxygens (including phenoxy) is 2. The number of carbonyl (C=O) groups excluding carboxylic acids is 1. The zero-order valence-corrected chi connectivity index (χ0v) is 17.5. The number of piperazine rings is 1. The molecule has 0 aliphatic carbocycles. The number of hydrogen-bond acceptors (Lipinski definition) is 6. The molecular weight excluding hydrogens is 392 g/mol. The van der Waals surface area contributed by atoms with E-state index in [1.807, 2.05) is 24.3 Å². The van der Waals surface area contributed by atoms with Gasteiger partial charge in [0.2, 0.25) is 0 Å². The Morgan fingerprint density at radius 2 is 1.69 bits per heavy atom. The summed E-state index contributed by atoms with van der Waals surface area (Å²) in [4.78, 5) is 17.0. The van der Waals surface area contributed by atoms with Gasteiger partial charge < -0.3 is 19.3 Å². The molecule has 0 aromatic heterocycles. The highest BCUT2D eigenvalue weighted by atomic mass is 32.2. The minimum Gasteiger partial charge on any atom is -0.497 e. The van der Waals surface area contributed by atoms with Crippen LogP contribution in [0.1, 0.15) is 10.4 Å². The lowest BCUT2D eigenvalue weighted by atomic mass is 10.1. The van der Waals surface area contributed by atoms with Crippen LogP contribution in [-0.2, 0) is 14.6 Å². The van der Waals surface area contributed by atoms with Crippen molar-refractivity contribution in [3.05, 3.63) is 54.1 Å². The van der Waals surface area contributed by atoms with E-state index >= 15 is 0 Å². The number of benzene rings is 2. The minimum atomic E-state index is -3.40. The highest BCUT2D eigenvalue weighted by Gasteiger charge is 2.23. The van der Waals surface area contributed by atoms with Gasteiger partial charge in [0.15, 0.2) is 9.84 Å². The van der Waals surface area contributed by atoms with E-state index in [0.29, 0.717) is 18.7 Å². The minimum absolute atomic E-state index is 0.0803. The number of carbonyl (C=O) groups is 1. The summed E-state index contributed by atoms with van der Waals surface area (Å²) in [5.41, 5.74) is 1.56. The molecule has 0 unspecified atom stereocenters. The molecule has 8 heteroatoms. The number of anilines is 1. The second kappa shape index (κ2) is 9.28. The number of sulfone groups is 1. The number of hydrogen-bond donors (Lipinski definition) is 0. The smallest absolute Gasteiger partial charge is 0.253 e. The van der Waals surface area contributed by atoms with Crippen molar-refractivity contribution in [3.63, 3.8) is 0 Å². The second-order valence-corrected chi connectivity index (χ2v) is 8.93. The molecule has 3 rings (SSSR count). The third-order valence-electron chi connectivity index (χ3n) is 5.00. The fourth-order valence-corrected chi connectivity index (χ4v) is 4.45. The van der Waals surface area contributed by atoms with Crippen molar-refractivity contribution in [1.29, 1.82) is 0 Å². The zero-order valence-electron chi connectivity index (χ0n) is 16.7. The molecule has 2 aromatic carbocycles. The Morgan fingerprint density at radius 3 is 2.31 bits per heavy atom. The van der Waals surface area contributed by atoms with Crippen LogP contribution >= 0.6 is 0 Å². The predicted molar refractivity (Wildman–Crippen MR) is 111 cm³/mol. The van der Waals surface area contributed by atoms with Crippen LogP contribution in [0.4, 0.5) is 5.69 Å². The van der Waals surface area contributed by atoms with Gasteiger partial charge in [-0.25, -0.2) is 8.42 Å². The summed E-state index contributed by atoms with van der Waals surface area (Å²) in [6.07, 6.45) is 0. The molecule has 1 saturated heterocycles. The first kappa shape index (κ1) is 21.1. The first-order valence-electron chi connectivity index (χ1n) is 9.44. The van der Waals surface area contributed by atoms with Gasteiger partial charge in [0, 0.05) is 50.6 Å². The number of methoxy groups -OCH3 is 2. The van der Waals surface area contributed by atoms with Gasteiger partial charge in [-0.1, -0.05) is 6.07 Å². The van der Waals surface area contributed by atoms with E-state index in [2.05, 4.69) is 4.90 Å². The molecule has 156 valence electrons. The third-order valence-corrected chi connectivity index (χ3v) is 6.70. The van der Waals surface area contributed by atoms with Crippen LogP contribution in [0.25, 0.3) is 0 Å². The molecule has 1 aliphatic rings. The topological polar surface area (TPSA) is 76.2 Å². The maximum Gasteiger partial charge on any atom is 0.253 e. The van der Waals surface area contributed by atoms with Gasteiger partial charge in [-0.15, -0.1) is 0 Å². The van der Waals surface area contributed by atoms with Crippen LogP contribution in [-0.4, -0.2) is 72.0 Å². The van der Waals surface area contributed by atoms with E-state index in [0.717, 1.165) is 24.5 Å². The molecule has 0 N–H and O–H groups in total. The van der Waals surface area contributed by atoms with Gasteiger partial charge >= 0.3 is 0 Å². The van der Waals surface area contributed by atoms with Gasteiger partial charge in [0.1, 0.15) is 5.75 Å². The normalized spacial score (nSPS) is 14.7. The summed E-state index contributed by atoms with van der Waals surface area (Å²) in [7, 11) is -0.294. The quantitative estimate of drug-likeness (QED) is 0.685. The molecular formula is C21H26N2O5S. The lowest BCUT2D eigenvalue weighted by molar-refractivity contribution is 0.0746. The Kier molecular flexibility index (Phi) is 6.76. The lowest BCUT2D eigenvalue weighted by Crippen LogP contribution is -2.48. The number of nitrogens with zero attached hydrogens (tertiary/aromatic N) is 2. The maximum absolute atomic E-state index is 12.8. The molecule has 1 heterocycles. The van der Waals surface area contributed by atoms with Crippen molar-refractivity contribution in [2.45, 2.75) is 4.90 Å². The average Bonchev–Trinajstić information content (AvgIpc) is 2.77. The van der Waals surface area contributed by atoms with Crippen LogP contribution in [0.2, 0.25) is 0 Å². The first-order valence-corrected chi connectivity index (χ1v) is 11.1.